The third kappa shape index (κ3) is 3.87. The molecule has 1 unspecified atom stereocenters. The summed E-state index contributed by atoms with van der Waals surface area (Å²) in [5, 5.41) is 0. The summed E-state index contributed by atoms with van der Waals surface area (Å²) in [5.41, 5.74) is 7.44. The third-order valence-corrected chi connectivity index (χ3v) is 4.06. The monoisotopic (exact) mass is 339 g/mol. The lowest BCUT2D eigenvalue weighted by Gasteiger charge is -2.16. The minimum Gasteiger partial charge on any atom is -0.330 e. The molecule has 0 aliphatic rings. The first-order valence-electron chi connectivity index (χ1n) is 6.47. The fourth-order valence-electron chi connectivity index (χ4n) is 2.21. The van der Waals surface area contributed by atoms with Gasteiger partial charge in [0.2, 0.25) is 0 Å². The van der Waals surface area contributed by atoms with Crippen molar-refractivity contribution in [1.82, 2.24) is 0 Å². The predicted molar refractivity (Wildman–Crippen MR) is 80.5 cm³/mol. The average molecular weight is 340 g/mol. The maximum Gasteiger partial charge on any atom is 0.126 e. The second-order valence-electron chi connectivity index (χ2n) is 4.84. The van der Waals surface area contributed by atoms with Crippen molar-refractivity contribution >= 4 is 15.9 Å². The number of hydrogen-bond donors (Lipinski definition) is 1. The Morgan fingerprint density at radius 2 is 1.70 bits per heavy atom. The smallest absolute Gasteiger partial charge is 0.126 e. The third-order valence-electron chi connectivity index (χ3n) is 3.32. The van der Waals surface area contributed by atoms with E-state index in [1.54, 1.807) is 18.2 Å². The van der Waals surface area contributed by atoms with E-state index in [1.807, 2.05) is 6.07 Å². The van der Waals surface area contributed by atoms with E-state index in [0.717, 1.165) is 10.0 Å². The highest BCUT2D eigenvalue weighted by Crippen LogP contribution is 2.23. The van der Waals surface area contributed by atoms with Gasteiger partial charge in [-0.15, -0.1) is 0 Å². The van der Waals surface area contributed by atoms with Gasteiger partial charge >= 0.3 is 0 Å². The van der Waals surface area contributed by atoms with Crippen LogP contribution < -0.4 is 5.73 Å². The molecule has 2 aromatic carbocycles. The molecule has 0 spiro atoms. The van der Waals surface area contributed by atoms with Crippen molar-refractivity contribution in [3.05, 3.63) is 69.7 Å². The molecule has 1 atom stereocenters. The molecule has 0 saturated heterocycles. The van der Waals surface area contributed by atoms with Crippen LogP contribution in [0, 0.1) is 17.6 Å². The van der Waals surface area contributed by atoms with Crippen LogP contribution in [0.2, 0.25) is 0 Å². The van der Waals surface area contributed by atoms with Gasteiger partial charge in [0.05, 0.1) is 0 Å². The quantitative estimate of drug-likeness (QED) is 0.872. The van der Waals surface area contributed by atoms with Crippen LogP contribution >= 0.6 is 15.9 Å². The van der Waals surface area contributed by atoms with Gasteiger partial charge in [-0.1, -0.05) is 40.2 Å². The highest BCUT2D eigenvalue weighted by atomic mass is 79.9. The van der Waals surface area contributed by atoms with Gasteiger partial charge in [0.1, 0.15) is 11.6 Å². The van der Waals surface area contributed by atoms with Crippen molar-refractivity contribution in [3.63, 3.8) is 0 Å². The second-order valence-corrected chi connectivity index (χ2v) is 5.69. The molecule has 0 amide bonds. The molecule has 0 radical (unpaired) electrons. The van der Waals surface area contributed by atoms with Crippen LogP contribution in [-0.2, 0) is 12.8 Å². The Kier molecular flexibility index (Phi) is 5.26. The summed E-state index contributed by atoms with van der Waals surface area (Å²) < 4.78 is 27.4. The molecule has 0 bridgehead atoms. The van der Waals surface area contributed by atoms with Crippen molar-refractivity contribution in [3.8, 4) is 0 Å². The lowest BCUT2D eigenvalue weighted by molar-refractivity contribution is 0.510. The van der Waals surface area contributed by atoms with Crippen LogP contribution in [0.1, 0.15) is 11.1 Å². The minimum atomic E-state index is -0.279. The molecule has 0 aliphatic heterocycles. The zero-order chi connectivity index (χ0) is 14.5. The largest absolute Gasteiger partial charge is 0.330 e. The Morgan fingerprint density at radius 3 is 2.35 bits per heavy atom. The van der Waals surface area contributed by atoms with E-state index in [1.165, 1.54) is 18.2 Å². The summed E-state index contributed by atoms with van der Waals surface area (Å²) in [4.78, 5) is 0. The van der Waals surface area contributed by atoms with Gasteiger partial charge in [-0.2, -0.15) is 0 Å². The van der Waals surface area contributed by atoms with Crippen molar-refractivity contribution < 1.29 is 8.78 Å². The molecule has 0 aliphatic carbocycles. The number of halogens is 3. The molecule has 20 heavy (non-hydrogen) atoms. The van der Waals surface area contributed by atoms with Crippen LogP contribution in [0.5, 0.6) is 0 Å². The fourth-order valence-corrected chi connectivity index (χ4v) is 2.72. The first-order valence-corrected chi connectivity index (χ1v) is 7.27. The van der Waals surface area contributed by atoms with E-state index in [0.29, 0.717) is 24.9 Å². The Bertz CT molecular complexity index is 586. The number of hydrogen-bond acceptors (Lipinski definition) is 1. The van der Waals surface area contributed by atoms with Crippen LogP contribution in [0.3, 0.4) is 0 Å². The van der Waals surface area contributed by atoms with E-state index in [2.05, 4.69) is 15.9 Å². The maximum absolute atomic E-state index is 13.7. The minimum absolute atomic E-state index is 0.119. The standard InChI is InChI=1S/C16H16BrF2N/c17-15-9-14(18)6-5-12(15)7-11(10-20)8-13-3-1-2-4-16(13)19/h1-6,9,11H,7-8,10,20H2. The van der Waals surface area contributed by atoms with Gasteiger partial charge in [0, 0.05) is 4.47 Å². The first kappa shape index (κ1) is 15.1. The fraction of sp³-hybridized carbons (Fsp3) is 0.250. The molecule has 0 heterocycles. The highest BCUT2D eigenvalue weighted by Gasteiger charge is 2.13. The number of nitrogens with two attached hydrogens (primary N) is 1. The molecule has 0 aromatic heterocycles. The van der Waals surface area contributed by atoms with Gasteiger partial charge in [0.15, 0.2) is 0 Å². The summed E-state index contributed by atoms with van der Waals surface area (Å²) in [6.07, 6.45) is 1.26. The predicted octanol–water partition coefficient (Wildman–Crippen LogP) is 4.09. The topological polar surface area (TPSA) is 26.0 Å². The van der Waals surface area contributed by atoms with Crippen molar-refractivity contribution in [2.24, 2.45) is 11.7 Å². The molecule has 0 saturated carbocycles. The van der Waals surface area contributed by atoms with Crippen molar-refractivity contribution in [1.29, 1.82) is 0 Å². The average Bonchev–Trinajstić information content (AvgIpc) is 2.43. The van der Waals surface area contributed by atoms with Crippen LogP contribution in [-0.4, -0.2) is 6.54 Å². The van der Waals surface area contributed by atoms with Gasteiger partial charge in [-0.3, -0.25) is 0 Å². The summed E-state index contributed by atoms with van der Waals surface area (Å²) in [6.45, 7) is 0.456. The summed E-state index contributed by atoms with van der Waals surface area (Å²) in [6, 6.07) is 11.3. The van der Waals surface area contributed by atoms with Gasteiger partial charge in [-0.25, -0.2) is 8.78 Å². The molecule has 2 N–H and O–H groups in total. The molecular formula is C16H16BrF2N. The van der Waals surface area contributed by atoms with Crippen LogP contribution in [0.25, 0.3) is 0 Å². The normalized spacial score (nSPS) is 12.4. The van der Waals surface area contributed by atoms with E-state index in [-0.39, 0.29) is 17.6 Å². The molecule has 2 aromatic rings. The van der Waals surface area contributed by atoms with E-state index in [4.69, 9.17) is 5.73 Å². The lowest BCUT2D eigenvalue weighted by Crippen LogP contribution is -2.20. The molecule has 4 heteroatoms. The van der Waals surface area contributed by atoms with E-state index >= 15 is 0 Å². The van der Waals surface area contributed by atoms with Gasteiger partial charge < -0.3 is 5.73 Å². The van der Waals surface area contributed by atoms with Crippen LogP contribution in [0.4, 0.5) is 8.78 Å². The van der Waals surface area contributed by atoms with Crippen molar-refractivity contribution in [2.75, 3.05) is 6.54 Å². The maximum atomic E-state index is 13.7. The Morgan fingerprint density at radius 1 is 1.00 bits per heavy atom. The Balaban J connectivity index is 2.11. The summed E-state index contributed by atoms with van der Waals surface area (Å²) >= 11 is 3.35. The van der Waals surface area contributed by atoms with Gasteiger partial charge in [0.25, 0.3) is 0 Å². The Hall–Kier alpha value is -1.26. The molecule has 2 rings (SSSR count). The zero-order valence-electron chi connectivity index (χ0n) is 11.0. The second kappa shape index (κ2) is 6.95. The lowest BCUT2D eigenvalue weighted by atomic mass is 9.92. The van der Waals surface area contributed by atoms with Gasteiger partial charge in [-0.05, 0) is 54.6 Å². The SMILES string of the molecule is NCC(Cc1ccccc1F)Cc1ccc(F)cc1Br. The zero-order valence-corrected chi connectivity index (χ0v) is 12.5. The molecular weight excluding hydrogens is 324 g/mol. The summed E-state index contributed by atoms with van der Waals surface area (Å²) in [7, 11) is 0. The summed E-state index contributed by atoms with van der Waals surface area (Å²) in [5.74, 6) is -0.364. The van der Waals surface area contributed by atoms with Crippen LogP contribution in [0.15, 0.2) is 46.9 Å². The van der Waals surface area contributed by atoms with Crippen molar-refractivity contribution in [2.45, 2.75) is 12.8 Å². The molecule has 106 valence electrons. The molecule has 1 nitrogen and oxygen atoms in total. The number of benzene rings is 2. The Labute approximate surface area is 125 Å². The highest BCUT2D eigenvalue weighted by molar-refractivity contribution is 9.10. The molecule has 0 fully saturated rings. The first-order chi connectivity index (χ1) is 9.60. The van der Waals surface area contributed by atoms with E-state index < -0.39 is 0 Å². The van der Waals surface area contributed by atoms with E-state index in [9.17, 15) is 8.78 Å². The number of rotatable bonds is 5.